The number of methoxy groups -OCH3 is 1. The van der Waals surface area contributed by atoms with E-state index in [1.807, 2.05) is 41.8 Å². The van der Waals surface area contributed by atoms with Crippen molar-refractivity contribution in [3.63, 3.8) is 0 Å². The van der Waals surface area contributed by atoms with E-state index in [-0.39, 0.29) is 12.4 Å². The Labute approximate surface area is 171 Å². The second-order valence-corrected chi connectivity index (χ2v) is 7.20. The Bertz CT molecular complexity index is 1180. The maximum Gasteiger partial charge on any atom is 0.339 e. The summed E-state index contributed by atoms with van der Waals surface area (Å²) in [6, 6.07) is 19.8. The zero-order valence-corrected chi connectivity index (χ0v) is 16.4. The number of ketones is 1. The maximum absolute atomic E-state index is 12.8. The first-order valence-electron chi connectivity index (χ1n) is 8.94. The summed E-state index contributed by atoms with van der Waals surface area (Å²) in [5, 5.41) is 2.64. The molecular weight excluding hydrogens is 386 g/mol. The fraction of sp³-hybridized carbons (Fsp3) is 0.0870. The van der Waals surface area contributed by atoms with Gasteiger partial charge in [-0.2, -0.15) is 0 Å². The lowest BCUT2D eigenvalue weighted by molar-refractivity contribution is 0.0476. The van der Waals surface area contributed by atoms with Crippen molar-refractivity contribution in [2.75, 3.05) is 13.7 Å². The summed E-state index contributed by atoms with van der Waals surface area (Å²) in [6.45, 7) is -0.371. The fourth-order valence-corrected chi connectivity index (χ4v) is 3.74. The lowest BCUT2D eigenvalue weighted by atomic mass is 10.1. The molecule has 6 heteroatoms. The van der Waals surface area contributed by atoms with Gasteiger partial charge in [0.25, 0.3) is 0 Å². The number of aromatic nitrogens is 1. The molecular formula is C23H17NO4S. The number of rotatable bonds is 6. The van der Waals surface area contributed by atoms with E-state index >= 15 is 0 Å². The highest BCUT2D eigenvalue weighted by Gasteiger charge is 2.18. The number of ether oxygens (including phenoxy) is 2. The molecule has 5 nitrogen and oxygen atoms in total. The van der Waals surface area contributed by atoms with Crippen LogP contribution in [0.3, 0.4) is 0 Å². The van der Waals surface area contributed by atoms with E-state index in [1.165, 1.54) is 7.11 Å². The molecule has 4 rings (SSSR count). The van der Waals surface area contributed by atoms with Crippen LogP contribution < -0.4 is 4.74 Å². The molecule has 0 atom stereocenters. The number of carbonyl (C=O) groups is 2. The topological polar surface area (TPSA) is 65.5 Å². The Kier molecular flexibility index (Phi) is 5.35. The van der Waals surface area contributed by atoms with Crippen molar-refractivity contribution in [2.24, 2.45) is 0 Å². The number of hydrogen-bond donors (Lipinski definition) is 0. The summed E-state index contributed by atoms with van der Waals surface area (Å²) in [5.41, 5.74) is 2.15. The summed E-state index contributed by atoms with van der Waals surface area (Å²) < 4.78 is 10.6. The van der Waals surface area contributed by atoms with Gasteiger partial charge < -0.3 is 9.47 Å². The van der Waals surface area contributed by atoms with E-state index in [9.17, 15) is 9.59 Å². The Morgan fingerprint density at radius 3 is 2.55 bits per heavy atom. The lowest BCUT2D eigenvalue weighted by Gasteiger charge is -2.10. The zero-order valence-electron chi connectivity index (χ0n) is 15.6. The molecule has 0 saturated heterocycles. The highest BCUT2D eigenvalue weighted by Crippen LogP contribution is 2.28. The standard InChI is InChI=1S/C23H17NO4S/c1-27-21-10-5-3-8-16(21)20(25)14-28-23(26)17-13-19(22-11-6-12-29-22)24-18-9-4-2-7-15(17)18/h2-13H,14H2,1H3. The molecule has 2 aromatic heterocycles. The minimum Gasteiger partial charge on any atom is -0.496 e. The van der Waals surface area contributed by atoms with Gasteiger partial charge in [0.2, 0.25) is 5.78 Å². The molecule has 0 bridgehead atoms. The van der Waals surface area contributed by atoms with Crippen LogP contribution in [-0.2, 0) is 4.74 Å². The first-order valence-corrected chi connectivity index (χ1v) is 9.82. The highest BCUT2D eigenvalue weighted by atomic mass is 32.1. The van der Waals surface area contributed by atoms with Gasteiger partial charge in [-0.15, -0.1) is 11.3 Å². The number of fused-ring (bicyclic) bond motifs is 1. The average Bonchev–Trinajstić information content (AvgIpc) is 3.31. The van der Waals surface area contributed by atoms with E-state index in [1.54, 1.807) is 41.7 Å². The normalized spacial score (nSPS) is 10.7. The minimum atomic E-state index is -0.565. The SMILES string of the molecule is COc1ccccc1C(=O)COC(=O)c1cc(-c2cccs2)nc2ccccc12. The smallest absolute Gasteiger partial charge is 0.339 e. The molecule has 0 N–H and O–H groups in total. The quantitative estimate of drug-likeness (QED) is 0.334. The largest absolute Gasteiger partial charge is 0.496 e. The van der Waals surface area contributed by atoms with Crippen molar-refractivity contribution < 1.29 is 19.1 Å². The van der Waals surface area contributed by atoms with Gasteiger partial charge in [0.1, 0.15) is 5.75 Å². The Hall–Kier alpha value is -3.51. The van der Waals surface area contributed by atoms with Gasteiger partial charge in [0.15, 0.2) is 6.61 Å². The number of nitrogens with zero attached hydrogens (tertiary/aromatic N) is 1. The molecule has 0 aliphatic heterocycles. The van der Waals surface area contributed by atoms with Crippen LogP contribution in [0.15, 0.2) is 72.1 Å². The van der Waals surface area contributed by atoms with Gasteiger partial charge in [-0.05, 0) is 35.7 Å². The van der Waals surface area contributed by atoms with E-state index in [0.29, 0.717) is 33.5 Å². The van der Waals surface area contributed by atoms with Crippen LogP contribution in [0.25, 0.3) is 21.5 Å². The summed E-state index contributed by atoms with van der Waals surface area (Å²) in [6.07, 6.45) is 0. The molecule has 2 heterocycles. The third-order valence-corrected chi connectivity index (χ3v) is 5.34. The second-order valence-electron chi connectivity index (χ2n) is 6.25. The Balaban J connectivity index is 1.62. The van der Waals surface area contributed by atoms with Crippen molar-refractivity contribution in [3.05, 3.63) is 83.2 Å². The molecule has 0 amide bonds. The van der Waals surface area contributed by atoms with Gasteiger partial charge >= 0.3 is 5.97 Å². The van der Waals surface area contributed by atoms with Gasteiger partial charge in [0, 0.05) is 5.39 Å². The molecule has 0 unspecified atom stereocenters. The van der Waals surface area contributed by atoms with Crippen molar-refractivity contribution in [2.45, 2.75) is 0 Å². The van der Waals surface area contributed by atoms with Crippen LogP contribution >= 0.6 is 11.3 Å². The van der Waals surface area contributed by atoms with Crippen molar-refractivity contribution in [1.29, 1.82) is 0 Å². The van der Waals surface area contributed by atoms with Crippen LogP contribution in [0, 0.1) is 0 Å². The molecule has 0 aliphatic carbocycles. The molecule has 144 valence electrons. The van der Waals surface area contributed by atoms with Gasteiger partial charge in [-0.25, -0.2) is 9.78 Å². The van der Waals surface area contributed by atoms with E-state index in [4.69, 9.17) is 9.47 Å². The first kappa shape index (κ1) is 18.8. The summed E-state index contributed by atoms with van der Waals surface area (Å²) in [4.78, 5) is 30.9. The van der Waals surface area contributed by atoms with Gasteiger partial charge in [-0.1, -0.05) is 36.4 Å². The fourth-order valence-electron chi connectivity index (χ4n) is 3.06. The number of para-hydroxylation sites is 2. The van der Waals surface area contributed by atoms with Crippen LogP contribution in [0.4, 0.5) is 0 Å². The van der Waals surface area contributed by atoms with Crippen LogP contribution in [0.2, 0.25) is 0 Å². The van der Waals surface area contributed by atoms with E-state index in [0.717, 1.165) is 4.88 Å². The molecule has 0 saturated carbocycles. The molecule has 0 spiro atoms. The number of Topliss-reactive ketones (excluding diaryl/α,β-unsaturated/α-hetero) is 1. The third-order valence-electron chi connectivity index (χ3n) is 4.45. The maximum atomic E-state index is 12.8. The summed E-state index contributed by atoms with van der Waals surface area (Å²) >= 11 is 1.54. The predicted octanol–water partition coefficient (Wildman–Crippen LogP) is 5.01. The summed E-state index contributed by atoms with van der Waals surface area (Å²) in [7, 11) is 1.49. The number of pyridine rings is 1. The molecule has 2 aromatic carbocycles. The summed E-state index contributed by atoms with van der Waals surface area (Å²) in [5.74, 6) is -0.444. The molecule has 0 aliphatic rings. The van der Waals surface area contributed by atoms with Crippen LogP contribution in [0.1, 0.15) is 20.7 Å². The molecule has 29 heavy (non-hydrogen) atoms. The molecule has 0 radical (unpaired) electrons. The van der Waals surface area contributed by atoms with Crippen molar-refractivity contribution in [3.8, 4) is 16.3 Å². The number of thiophene rings is 1. The van der Waals surface area contributed by atoms with Gasteiger partial charge in [-0.3, -0.25) is 4.79 Å². The number of benzene rings is 2. The van der Waals surface area contributed by atoms with Crippen LogP contribution in [0.5, 0.6) is 5.75 Å². The predicted molar refractivity (Wildman–Crippen MR) is 113 cm³/mol. The zero-order chi connectivity index (χ0) is 20.2. The third kappa shape index (κ3) is 3.88. The van der Waals surface area contributed by atoms with E-state index < -0.39 is 5.97 Å². The second kappa shape index (κ2) is 8.24. The first-order chi connectivity index (χ1) is 14.2. The molecule has 4 aromatic rings. The number of carbonyl (C=O) groups excluding carboxylic acids is 2. The lowest BCUT2D eigenvalue weighted by Crippen LogP contribution is -2.15. The number of hydrogen-bond acceptors (Lipinski definition) is 6. The van der Waals surface area contributed by atoms with Crippen molar-refractivity contribution >= 4 is 34.0 Å². The average molecular weight is 403 g/mol. The minimum absolute atomic E-state index is 0.326. The Morgan fingerprint density at radius 1 is 0.966 bits per heavy atom. The number of esters is 1. The van der Waals surface area contributed by atoms with Gasteiger partial charge in [0.05, 0.1) is 34.3 Å². The Morgan fingerprint density at radius 2 is 1.76 bits per heavy atom. The molecule has 0 fully saturated rings. The van der Waals surface area contributed by atoms with Crippen LogP contribution in [-0.4, -0.2) is 30.5 Å². The van der Waals surface area contributed by atoms with E-state index in [2.05, 4.69) is 4.98 Å². The highest BCUT2D eigenvalue weighted by molar-refractivity contribution is 7.13. The monoisotopic (exact) mass is 403 g/mol. The van der Waals surface area contributed by atoms with Crippen molar-refractivity contribution in [1.82, 2.24) is 4.98 Å².